The first kappa shape index (κ1) is 18.9. The summed E-state index contributed by atoms with van der Waals surface area (Å²) in [5.74, 6) is 2.97. The number of hydrogen-bond donors (Lipinski definition) is 2. The summed E-state index contributed by atoms with van der Waals surface area (Å²) < 4.78 is 16.2. The molecule has 2 aromatic rings. The zero-order chi connectivity index (χ0) is 18.1. The fourth-order valence-corrected chi connectivity index (χ4v) is 3.10. The number of benzene rings is 1. The van der Waals surface area contributed by atoms with E-state index in [0.29, 0.717) is 12.3 Å². The molecule has 0 radical (unpaired) electrons. The van der Waals surface area contributed by atoms with Crippen molar-refractivity contribution in [3.05, 3.63) is 40.1 Å². The van der Waals surface area contributed by atoms with Crippen molar-refractivity contribution in [1.82, 2.24) is 10.6 Å². The number of aliphatic imine (C=N–C) groups is 1. The van der Waals surface area contributed by atoms with Gasteiger partial charge in [-0.15, -0.1) is 0 Å². The Labute approximate surface area is 152 Å². The van der Waals surface area contributed by atoms with Gasteiger partial charge in [0.15, 0.2) is 5.96 Å². The normalized spacial score (nSPS) is 11.1. The average molecular weight is 363 g/mol. The van der Waals surface area contributed by atoms with Crippen molar-refractivity contribution in [2.75, 3.05) is 34.9 Å². The second kappa shape index (κ2) is 9.78. The first-order chi connectivity index (χ1) is 12.2. The highest BCUT2D eigenvalue weighted by Gasteiger charge is 2.13. The molecule has 1 aromatic carbocycles. The molecule has 0 unspecified atom stereocenters. The van der Waals surface area contributed by atoms with E-state index in [4.69, 9.17) is 14.2 Å². The molecule has 0 bridgehead atoms. The van der Waals surface area contributed by atoms with Gasteiger partial charge in [0, 0.05) is 37.8 Å². The van der Waals surface area contributed by atoms with E-state index in [1.807, 2.05) is 12.1 Å². The lowest BCUT2D eigenvalue weighted by molar-refractivity contribution is 0.368. The van der Waals surface area contributed by atoms with Gasteiger partial charge in [0.25, 0.3) is 0 Å². The van der Waals surface area contributed by atoms with Crippen LogP contribution in [0.25, 0.3) is 0 Å². The van der Waals surface area contributed by atoms with E-state index < -0.39 is 0 Å². The zero-order valence-corrected chi connectivity index (χ0v) is 15.9. The number of nitrogens with zero attached hydrogens (tertiary/aromatic N) is 1. The molecule has 6 nitrogen and oxygen atoms in total. The molecule has 136 valence electrons. The Balaban J connectivity index is 1.95. The molecule has 2 rings (SSSR count). The number of nitrogens with one attached hydrogen (secondary N) is 2. The second-order valence-corrected chi connectivity index (χ2v) is 6.02. The van der Waals surface area contributed by atoms with Crippen LogP contribution >= 0.6 is 11.3 Å². The third-order valence-corrected chi connectivity index (χ3v) is 4.48. The van der Waals surface area contributed by atoms with Gasteiger partial charge in [0.2, 0.25) is 0 Å². The van der Waals surface area contributed by atoms with Crippen LogP contribution in [0.1, 0.15) is 11.1 Å². The first-order valence-electron chi connectivity index (χ1n) is 7.96. The van der Waals surface area contributed by atoms with Crippen molar-refractivity contribution in [1.29, 1.82) is 0 Å². The van der Waals surface area contributed by atoms with Crippen LogP contribution in [0.3, 0.4) is 0 Å². The molecule has 0 amide bonds. The van der Waals surface area contributed by atoms with E-state index in [1.165, 1.54) is 5.56 Å². The highest BCUT2D eigenvalue weighted by molar-refractivity contribution is 7.07. The largest absolute Gasteiger partial charge is 0.496 e. The molecule has 0 spiro atoms. The summed E-state index contributed by atoms with van der Waals surface area (Å²) in [5.41, 5.74) is 2.23. The van der Waals surface area contributed by atoms with Gasteiger partial charge in [0.05, 0.1) is 21.3 Å². The van der Waals surface area contributed by atoms with E-state index in [0.717, 1.165) is 36.0 Å². The lowest BCUT2D eigenvalue weighted by atomic mass is 10.1. The van der Waals surface area contributed by atoms with Gasteiger partial charge < -0.3 is 24.8 Å². The summed E-state index contributed by atoms with van der Waals surface area (Å²) in [6.45, 7) is 1.45. The van der Waals surface area contributed by atoms with Crippen LogP contribution in [-0.4, -0.2) is 40.9 Å². The van der Waals surface area contributed by atoms with Gasteiger partial charge in [-0.1, -0.05) is 0 Å². The molecule has 0 aliphatic carbocycles. The summed E-state index contributed by atoms with van der Waals surface area (Å²) in [4.78, 5) is 4.25. The molecule has 0 fully saturated rings. The number of rotatable bonds is 8. The van der Waals surface area contributed by atoms with Crippen molar-refractivity contribution >= 4 is 17.3 Å². The number of methoxy groups -OCH3 is 3. The van der Waals surface area contributed by atoms with Gasteiger partial charge in [-0.25, -0.2) is 0 Å². The van der Waals surface area contributed by atoms with Crippen LogP contribution < -0.4 is 24.8 Å². The fourth-order valence-electron chi connectivity index (χ4n) is 2.43. The molecular weight excluding hydrogens is 338 g/mol. The predicted octanol–water partition coefficient (Wildman–Crippen LogP) is 2.68. The monoisotopic (exact) mass is 363 g/mol. The van der Waals surface area contributed by atoms with Crippen molar-refractivity contribution in [3.63, 3.8) is 0 Å². The van der Waals surface area contributed by atoms with Crippen molar-refractivity contribution in [2.45, 2.75) is 13.0 Å². The summed E-state index contributed by atoms with van der Waals surface area (Å²) in [7, 11) is 6.68. The van der Waals surface area contributed by atoms with E-state index in [2.05, 4.69) is 32.5 Å². The molecule has 25 heavy (non-hydrogen) atoms. The molecule has 0 saturated carbocycles. The highest BCUT2D eigenvalue weighted by Crippen LogP contribution is 2.34. The third-order valence-electron chi connectivity index (χ3n) is 3.75. The molecule has 0 saturated heterocycles. The zero-order valence-electron chi connectivity index (χ0n) is 15.1. The molecule has 0 atom stereocenters. The van der Waals surface area contributed by atoms with Crippen LogP contribution in [0.15, 0.2) is 34.0 Å². The van der Waals surface area contributed by atoms with E-state index >= 15 is 0 Å². The maximum absolute atomic E-state index is 5.48. The topological polar surface area (TPSA) is 64.1 Å². The second-order valence-electron chi connectivity index (χ2n) is 5.24. The Morgan fingerprint density at radius 1 is 1.08 bits per heavy atom. The Bertz CT molecular complexity index is 662. The van der Waals surface area contributed by atoms with Gasteiger partial charge in [-0.05, 0) is 28.8 Å². The van der Waals surface area contributed by atoms with Crippen LogP contribution in [0.2, 0.25) is 0 Å². The van der Waals surface area contributed by atoms with Crippen molar-refractivity contribution < 1.29 is 14.2 Å². The summed E-state index contributed by atoms with van der Waals surface area (Å²) in [5, 5.41) is 10.8. The Morgan fingerprint density at radius 2 is 1.80 bits per heavy atom. The van der Waals surface area contributed by atoms with Gasteiger partial charge in [-0.3, -0.25) is 4.99 Å². The fraction of sp³-hybridized carbons (Fsp3) is 0.389. The minimum absolute atomic E-state index is 0.697. The van der Waals surface area contributed by atoms with Crippen LogP contribution in [-0.2, 0) is 13.0 Å². The molecule has 1 aromatic heterocycles. The number of ether oxygens (including phenoxy) is 3. The summed E-state index contributed by atoms with van der Waals surface area (Å²) >= 11 is 1.69. The van der Waals surface area contributed by atoms with Gasteiger partial charge in [-0.2, -0.15) is 11.3 Å². The predicted molar refractivity (Wildman–Crippen MR) is 102 cm³/mol. The maximum Gasteiger partial charge on any atom is 0.191 e. The Hall–Kier alpha value is -2.41. The lowest BCUT2D eigenvalue weighted by Crippen LogP contribution is -2.37. The average Bonchev–Trinajstić information content (AvgIpc) is 3.17. The van der Waals surface area contributed by atoms with Gasteiger partial charge >= 0.3 is 0 Å². The highest BCUT2D eigenvalue weighted by atomic mass is 32.1. The van der Waals surface area contributed by atoms with Crippen molar-refractivity contribution in [2.24, 2.45) is 4.99 Å². The van der Waals surface area contributed by atoms with Crippen LogP contribution in [0, 0.1) is 0 Å². The first-order valence-corrected chi connectivity index (χ1v) is 8.90. The Morgan fingerprint density at radius 3 is 2.32 bits per heavy atom. The van der Waals surface area contributed by atoms with E-state index in [1.54, 1.807) is 39.7 Å². The third kappa shape index (κ3) is 5.29. The number of guanidine groups is 1. The molecule has 1 heterocycles. The SMILES string of the molecule is CN=C(NCCc1c(OC)cc(OC)cc1OC)NCc1ccsc1. The van der Waals surface area contributed by atoms with Crippen molar-refractivity contribution in [3.8, 4) is 17.2 Å². The Kier molecular flexibility index (Phi) is 7.40. The standard InChI is InChI=1S/C18H25N3O3S/c1-19-18(21-11-13-6-8-25-12-13)20-7-5-15-16(23-3)9-14(22-2)10-17(15)24-4/h6,8-10,12H,5,7,11H2,1-4H3,(H2,19,20,21). The van der Waals surface area contributed by atoms with Gasteiger partial charge in [0.1, 0.15) is 17.2 Å². The van der Waals surface area contributed by atoms with Crippen LogP contribution in [0.4, 0.5) is 0 Å². The smallest absolute Gasteiger partial charge is 0.191 e. The number of hydrogen-bond acceptors (Lipinski definition) is 5. The minimum Gasteiger partial charge on any atom is -0.496 e. The molecular formula is C18H25N3O3S. The summed E-state index contributed by atoms with van der Waals surface area (Å²) in [6, 6.07) is 5.82. The number of thiophene rings is 1. The van der Waals surface area contributed by atoms with E-state index in [-0.39, 0.29) is 0 Å². The maximum atomic E-state index is 5.48. The molecule has 0 aliphatic rings. The van der Waals surface area contributed by atoms with Crippen LogP contribution in [0.5, 0.6) is 17.2 Å². The molecule has 7 heteroatoms. The minimum atomic E-state index is 0.697. The quantitative estimate of drug-likeness (QED) is 0.558. The lowest BCUT2D eigenvalue weighted by Gasteiger charge is -2.16. The van der Waals surface area contributed by atoms with E-state index in [9.17, 15) is 0 Å². The molecule has 2 N–H and O–H groups in total. The summed E-state index contributed by atoms with van der Waals surface area (Å²) in [6.07, 6.45) is 0.732. The molecule has 0 aliphatic heterocycles.